The van der Waals surface area contributed by atoms with Crippen LogP contribution in [-0.2, 0) is 6.42 Å². The predicted octanol–water partition coefficient (Wildman–Crippen LogP) is 2.98. The quantitative estimate of drug-likeness (QED) is 0.737. The van der Waals surface area contributed by atoms with Crippen LogP contribution in [0.5, 0.6) is 0 Å². The van der Waals surface area contributed by atoms with Gasteiger partial charge in [-0.2, -0.15) is 0 Å². The van der Waals surface area contributed by atoms with Crippen LogP contribution < -0.4 is 0 Å². The second-order valence-corrected chi connectivity index (χ2v) is 5.73. The largest absolute Gasteiger partial charge is 0.297 e. The van der Waals surface area contributed by atoms with Gasteiger partial charge in [0.25, 0.3) is 0 Å². The van der Waals surface area contributed by atoms with Crippen molar-refractivity contribution in [2.45, 2.75) is 57.5 Å². The fourth-order valence-electron chi connectivity index (χ4n) is 3.74. The maximum Gasteiger partial charge on any atom is 0.0439 e. The number of aryl methyl sites for hydroxylation is 1. The van der Waals surface area contributed by atoms with Gasteiger partial charge in [0.2, 0.25) is 0 Å². The molecule has 2 aliphatic rings. The minimum Gasteiger partial charge on any atom is -0.297 e. The maximum atomic E-state index is 4.56. The van der Waals surface area contributed by atoms with E-state index in [9.17, 15) is 0 Å². The number of nitrogens with zero attached hydrogens (tertiary/aromatic N) is 2. The first-order valence-corrected chi connectivity index (χ1v) is 6.97. The summed E-state index contributed by atoms with van der Waals surface area (Å²) in [6.07, 6.45) is 7.11. The van der Waals surface area contributed by atoms with E-state index in [4.69, 9.17) is 0 Å². The van der Waals surface area contributed by atoms with Crippen molar-refractivity contribution in [2.24, 2.45) is 0 Å². The maximum absolute atomic E-state index is 4.56. The van der Waals surface area contributed by atoms with Crippen LogP contribution in [0.15, 0.2) is 18.3 Å². The van der Waals surface area contributed by atoms with Crippen molar-refractivity contribution < 1.29 is 0 Å². The number of piperidine rings is 1. The van der Waals surface area contributed by atoms with Crippen LogP contribution in [0.25, 0.3) is 0 Å². The summed E-state index contributed by atoms with van der Waals surface area (Å²) in [5.41, 5.74) is 2.90. The topological polar surface area (TPSA) is 16.1 Å². The van der Waals surface area contributed by atoms with Gasteiger partial charge in [0, 0.05) is 29.9 Å². The molecule has 1 aromatic heterocycles. The van der Waals surface area contributed by atoms with E-state index in [-0.39, 0.29) is 0 Å². The first kappa shape index (κ1) is 11.2. The lowest BCUT2D eigenvalue weighted by molar-refractivity contribution is 0.0810. The number of pyridine rings is 1. The average molecular weight is 230 g/mol. The number of aromatic nitrogens is 1. The van der Waals surface area contributed by atoms with Gasteiger partial charge >= 0.3 is 0 Å². The Kier molecular flexibility index (Phi) is 2.91. The molecule has 1 aromatic rings. The molecule has 1 aliphatic heterocycles. The summed E-state index contributed by atoms with van der Waals surface area (Å²) >= 11 is 0. The molecule has 1 fully saturated rings. The Morgan fingerprint density at radius 2 is 2.24 bits per heavy atom. The van der Waals surface area contributed by atoms with E-state index in [0.717, 1.165) is 12.0 Å². The Hall–Kier alpha value is -0.890. The fraction of sp³-hybridized carbons (Fsp3) is 0.667. The first-order chi connectivity index (χ1) is 8.27. The lowest BCUT2D eigenvalue weighted by atomic mass is 9.75. The molecule has 2 atom stereocenters. The fourth-order valence-corrected chi connectivity index (χ4v) is 3.74. The van der Waals surface area contributed by atoms with Crippen LogP contribution in [0.2, 0.25) is 0 Å². The Bertz CT molecular complexity index is 400. The van der Waals surface area contributed by atoms with E-state index in [1.54, 1.807) is 0 Å². The van der Waals surface area contributed by atoms with Crippen molar-refractivity contribution >= 4 is 0 Å². The second kappa shape index (κ2) is 4.41. The van der Waals surface area contributed by atoms with Crippen molar-refractivity contribution in [3.05, 3.63) is 29.6 Å². The molecule has 1 saturated heterocycles. The van der Waals surface area contributed by atoms with Crippen molar-refractivity contribution in [2.75, 3.05) is 6.54 Å². The summed E-state index contributed by atoms with van der Waals surface area (Å²) in [5.74, 6) is 0.739. The summed E-state index contributed by atoms with van der Waals surface area (Å²) in [6.45, 7) is 5.96. The minimum atomic E-state index is 0.682. The smallest absolute Gasteiger partial charge is 0.0439 e. The molecule has 0 N–H and O–H groups in total. The molecule has 0 spiro atoms. The molecule has 0 bridgehead atoms. The molecule has 2 heterocycles. The standard InChI is InChI=1S/C15H22N2/c1-11(2)17-10-4-6-13-12-5-3-9-16-14(12)7-8-15(13)17/h3,5,9,11,13,15H,4,6-8,10H2,1-2H3/t13-,15+/m0/s1. The van der Waals surface area contributed by atoms with E-state index in [1.807, 2.05) is 6.20 Å². The van der Waals surface area contributed by atoms with Crippen LogP contribution in [0, 0.1) is 0 Å². The zero-order chi connectivity index (χ0) is 11.8. The Balaban J connectivity index is 1.93. The minimum absolute atomic E-state index is 0.682. The summed E-state index contributed by atoms with van der Waals surface area (Å²) < 4.78 is 0. The molecule has 2 nitrogen and oxygen atoms in total. The van der Waals surface area contributed by atoms with Crippen LogP contribution in [0.1, 0.15) is 50.3 Å². The average Bonchev–Trinajstić information content (AvgIpc) is 2.37. The van der Waals surface area contributed by atoms with Crippen LogP contribution >= 0.6 is 0 Å². The highest BCUT2D eigenvalue weighted by molar-refractivity contribution is 5.29. The van der Waals surface area contributed by atoms with Crippen molar-refractivity contribution in [3.63, 3.8) is 0 Å². The number of fused-ring (bicyclic) bond motifs is 3. The Morgan fingerprint density at radius 1 is 1.35 bits per heavy atom. The molecule has 0 saturated carbocycles. The zero-order valence-corrected chi connectivity index (χ0v) is 10.9. The molecule has 3 rings (SSSR count). The lowest BCUT2D eigenvalue weighted by Gasteiger charge is -2.46. The molecule has 0 radical (unpaired) electrons. The van der Waals surface area contributed by atoms with Gasteiger partial charge in [-0.3, -0.25) is 9.88 Å². The Labute approximate surface area is 104 Å². The molecular weight excluding hydrogens is 208 g/mol. The summed E-state index contributed by atoms with van der Waals surface area (Å²) in [7, 11) is 0. The highest BCUT2D eigenvalue weighted by Gasteiger charge is 2.37. The normalized spacial score (nSPS) is 28.9. The molecule has 17 heavy (non-hydrogen) atoms. The van der Waals surface area contributed by atoms with E-state index >= 15 is 0 Å². The third kappa shape index (κ3) is 1.89. The van der Waals surface area contributed by atoms with Crippen LogP contribution in [0.3, 0.4) is 0 Å². The van der Waals surface area contributed by atoms with Gasteiger partial charge in [0.05, 0.1) is 0 Å². The van der Waals surface area contributed by atoms with Crippen LogP contribution in [-0.4, -0.2) is 28.5 Å². The predicted molar refractivity (Wildman–Crippen MR) is 70.2 cm³/mol. The molecule has 0 unspecified atom stereocenters. The molecular formula is C15H22N2. The highest BCUT2D eigenvalue weighted by atomic mass is 15.2. The molecule has 92 valence electrons. The van der Waals surface area contributed by atoms with Gasteiger partial charge in [0.1, 0.15) is 0 Å². The number of hydrogen-bond donors (Lipinski definition) is 0. The van der Waals surface area contributed by atoms with Crippen molar-refractivity contribution in [3.8, 4) is 0 Å². The third-order valence-corrected chi connectivity index (χ3v) is 4.49. The van der Waals surface area contributed by atoms with Gasteiger partial charge in [-0.1, -0.05) is 6.07 Å². The van der Waals surface area contributed by atoms with Gasteiger partial charge in [-0.25, -0.2) is 0 Å². The van der Waals surface area contributed by atoms with E-state index in [2.05, 4.69) is 35.9 Å². The second-order valence-electron chi connectivity index (χ2n) is 5.73. The lowest BCUT2D eigenvalue weighted by Crippen LogP contribution is -2.49. The van der Waals surface area contributed by atoms with Gasteiger partial charge in [-0.05, 0) is 57.7 Å². The monoisotopic (exact) mass is 230 g/mol. The molecule has 1 aliphatic carbocycles. The number of likely N-dealkylation sites (tertiary alicyclic amines) is 1. The molecule has 2 heteroatoms. The highest BCUT2D eigenvalue weighted by Crippen LogP contribution is 2.40. The first-order valence-electron chi connectivity index (χ1n) is 6.97. The van der Waals surface area contributed by atoms with Crippen LogP contribution in [0.4, 0.5) is 0 Å². The molecule has 0 aromatic carbocycles. The number of hydrogen-bond acceptors (Lipinski definition) is 2. The van der Waals surface area contributed by atoms with E-state index < -0.39 is 0 Å². The third-order valence-electron chi connectivity index (χ3n) is 4.49. The van der Waals surface area contributed by atoms with Crippen molar-refractivity contribution in [1.29, 1.82) is 0 Å². The van der Waals surface area contributed by atoms with Gasteiger partial charge in [0.15, 0.2) is 0 Å². The summed E-state index contributed by atoms with van der Waals surface area (Å²) in [5, 5.41) is 0. The number of rotatable bonds is 1. The summed E-state index contributed by atoms with van der Waals surface area (Å²) in [6, 6.07) is 5.86. The summed E-state index contributed by atoms with van der Waals surface area (Å²) in [4.78, 5) is 7.27. The van der Waals surface area contributed by atoms with E-state index in [0.29, 0.717) is 6.04 Å². The van der Waals surface area contributed by atoms with Gasteiger partial charge in [-0.15, -0.1) is 0 Å². The van der Waals surface area contributed by atoms with Crippen molar-refractivity contribution in [1.82, 2.24) is 9.88 Å². The van der Waals surface area contributed by atoms with E-state index in [1.165, 1.54) is 43.5 Å². The van der Waals surface area contributed by atoms with Gasteiger partial charge < -0.3 is 0 Å². The SMILES string of the molecule is CC(C)N1CCC[C@H]2c3cccnc3CC[C@H]21. The zero-order valence-electron chi connectivity index (χ0n) is 10.9. The molecule has 0 amide bonds. The Morgan fingerprint density at radius 3 is 3.06 bits per heavy atom.